The molecule has 0 amide bonds. The molecule has 4 nitrogen and oxygen atoms in total. The Morgan fingerprint density at radius 1 is 1.21 bits per heavy atom. The van der Waals surface area contributed by atoms with Crippen LogP contribution in [0.15, 0.2) is 30.3 Å². The van der Waals surface area contributed by atoms with Crippen molar-refractivity contribution in [2.75, 3.05) is 32.6 Å². The Hall–Kier alpha value is -0.910. The van der Waals surface area contributed by atoms with Crippen LogP contribution in [0.5, 0.6) is 0 Å². The summed E-state index contributed by atoms with van der Waals surface area (Å²) in [6.07, 6.45) is 1.27. The number of nitrogens with one attached hydrogen (secondary N) is 1. The van der Waals surface area contributed by atoms with Gasteiger partial charge in [0.05, 0.1) is 5.75 Å². The Balaban J connectivity index is 2.61. The van der Waals surface area contributed by atoms with Crippen LogP contribution in [-0.2, 0) is 9.84 Å². The van der Waals surface area contributed by atoms with Gasteiger partial charge in [-0.3, -0.25) is 0 Å². The summed E-state index contributed by atoms with van der Waals surface area (Å²) in [6.45, 7) is 2.63. The minimum Gasteiger partial charge on any atom is -0.311 e. The first-order chi connectivity index (χ1) is 8.79. The second-order valence-corrected chi connectivity index (χ2v) is 7.48. The molecule has 0 saturated heterocycles. The summed E-state index contributed by atoms with van der Waals surface area (Å²) in [4.78, 5) is 2.13. The molecular formula is C14H24N2O2S. The number of rotatable bonds is 7. The Morgan fingerprint density at radius 2 is 1.79 bits per heavy atom. The van der Waals surface area contributed by atoms with E-state index in [2.05, 4.69) is 22.3 Å². The van der Waals surface area contributed by atoms with Crippen LogP contribution in [0.4, 0.5) is 0 Å². The lowest BCUT2D eigenvalue weighted by molar-refractivity contribution is 0.283. The minimum atomic E-state index is -2.93. The van der Waals surface area contributed by atoms with E-state index in [1.807, 2.05) is 39.2 Å². The molecule has 0 aromatic heterocycles. The molecule has 1 N–H and O–H groups in total. The van der Waals surface area contributed by atoms with Crippen LogP contribution >= 0.6 is 0 Å². The molecule has 0 saturated carbocycles. The zero-order chi connectivity index (χ0) is 14.5. The molecule has 1 aromatic rings. The van der Waals surface area contributed by atoms with E-state index >= 15 is 0 Å². The number of sulfone groups is 1. The monoisotopic (exact) mass is 284 g/mol. The van der Waals surface area contributed by atoms with Crippen LogP contribution in [0.3, 0.4) is 0 Å². The van der Waals surface area contributed by atoms with E-state index in [4.69, 9.17) is 0 Å². The third-order valence-electron chi connectivity index (χ3n) is 3.02. The van der Waals surface area contributed by atoms with E-state index in [0.717, 1.165) is 6.54 Å². The van der Waals surface area contributed by atoms with E-state index in [1.165, 1.54) is 11.8 Å². The summed E-state index contributed by atoms with van der Waals surface area (Å²) < 4.78 is 22.5. The summed E-state index contributed by atoms with van der Waals surface area (Å²) in [5, 5.41) is 3.30. The second-order valence-electron chi connectivity index (χ2n) is 5.29. The van der Waals surface area contributed by atoms with Gasteiger partial charge in [0.25, 0.3) is 0 Å². The maximum absolute atomic E-state index is 11.2. The molecule has 1 aromatic carbocycles. The number of hydrogen-bond acceptors (Lipinski definition) is 4. The lowest BCUT2D eigenvalue weighted by Gasteiger charge is -2.26. The number of hydrogen-bond donors (Lipinski definition) is 1. The van der Waals surface area contributed by atoms with E-state index in [1.54, 1.807) is 0 Å². The maximum atomic E-state index is 11.2. The molecule has 5 heteroatoms. The average molecular weight is 284 g/mol. The fourth-order valence-electron chi connectivity index (χ4n) is 2.10. The third-order valence-corrected chi connectivity index (χ3v) is 4.13. The van der Waals surface area contributed by atoms with Crippen molar-refractivity contribution >= 4 is 9.84 Å². The second kappa shape index (κ2) is 7.03. The molecule has 0 aliphatic heterocycles. The molecule has 0 fully saturated rings. The van der Waals surface area contributed by atoms with Crippen molar-refractivity contribution in [2.45, 2.75) is 19.0 Å². The highest BCUT2D eigenvalue weighted by Crippen LogP contribution is 2.16. The minimum absolute atomic E-state index is 0.0406. The zero-order valence-electron chi connectivity index (χ0n) is 12.1. The SMILES string of the molecule is CC(CS(C)(=O)=O)NCC(c1ccccc1)N(C)C. The lowest BCUT2D eigenvalue weighted by atomic mass is 10.1. The molecule has 0 heterocycles. The summed E-state index contributed by atoms with van der Waals surface area (Å²) in [7, 11) is 1.12. The van der Waals surface area contributed by atoms with Crippen molar-refractivity contribution in [1.82, 2.24) is 10.2 Å². The smallest absolute Gasteiger partial charge is 0.148 e. The topological polar surface area (TPSA) is 49.4 Å². The van der Waals surface area contributed by atoms with Gasteiger partial charge in [0.1, 0.15) is 9.84 Å². The van der Waals surface area contributed by atoms with Gasteiger partial charge in [-0.25, -0.2) is 8.42 Å². The van der Waals surface area contributed by atoms with Crippen LogP contribution in [0.1, 0.15) is 18.5 Å². The quantitative estimate of drug-likeness (QED) is 0.820. The first-order valence-corrected chi connectivity index (χ1v) is 8.48. The molecule has 0 aliphatic rings. The summed E-state index contributed by atoms with van der Waals surface area (Å²) in [5.74, 6) is 0.169. The molecule has 1 rings (SSSR count). The maximum Gasteiger partial charge on any atom is 0.148 e. The molecule has 2 unspecified atom stereocenters. The predicted octanol–water partition coefficient (Wildman–Crippen LogP) is 1.31. The largest absolute Gasteiger partial charge is 0.311 e. The van der Waals surface area contributed by atoms with Gasteiger partial charge in [-0.05, 0) is 26.6 Å². The number of nitrogens with zero attached hydrogens (tertiary/aromatic N) is 1. The first kappa shape index (κ1) is 16.1. The van der Waals surface area contributed by atoms with Crippen molar-refractivity contribution < 1.29 is 8.42 Å². The van der Waals surface area contributed by atoms with E-state index in [9.17, 15) is 8.42 Å². The molecular weight excluding hydrogens is 260 g/mol. The molecule has 0 spiro atoms. The van der Waals surface area contributed by atoms with E-state index in [-0.39, 0.29) is 17.8 Å². The van der Waals surface area contributed by atoms with Crippen molar-refractivity contribution in [3.8, 4) is 0 Å². The zero-order valence-corrected chi connectivity index (χ0v) is 12.9. The van der Waals surface area contributed by atoms with Crippen LogP contribution in [-0.4, -0.2) is 52.0 Å². The van der Waals surface area contributed by atoms with Crippen molar-refractivity contribution in [3.63, 3.8) is 0 Å². The molecule has 19 heavy (non-hydrogen) atoms. The standard InChI is InChI=1S/C14H24N2O2S/c1-12(11-19(4,17)18)15-10-14(16(2)3)13-8-6-5-7-9-13/h5-9,12,14-15H,10-11H2,1-4H3. The fourth-order valence-corrected chi connectivity index (χ4v) is 3.13. The fraction of sp³-hybridized carbons (Fsp3) is 0.571. The van der Waals surface area contributed by atoms with Gasteiger partial charge in [0, 0.05) is 24.9 Å². The predicted molar refractivity (Wildman–Crippen MR) is 80.0 cm³/mol. The molecule has 108 valence electrons. The highest BCUT2D eigenvalue weighted by Gasteiger charge is 2.16. The summed E-state index contributed by atoms with van der Waals surface area (Å²) in [5.41, 5.74) is 1.23. The Kier molecular flexibility index (Phi) is 5.97. The third kappa shape index (κ3) is 6.18. The van der Waals surface area contributed by atoms with Gasteiger partial charge < -0.3 is 10.2 Å². The van der Waals surface area contributed by atoms with Gasteiger partial charge in [-0.2, -0.15) is 0 Å². The summed E-state index contributed by atoms with van der Waals surface area (Å²) >= 11 is 0. The molecule has 0 aliphatic carbocycles. The Bertz CT molecular complexity index is 471. The summed E-state index contributed by atoms with van der Waals surface area (Å²) in [6, 6.07) is 10.4. The van der Waals surface area contributed by atoms with Crippen LogP contribution in [0.25, 0.3) is 0 Å². The first-order valence-electron chi connectivity index (χ1n) is 6.42. The van der Waals surface area contributed by atoms with Crippen LogP contribution in [0.2, 0.25) is 0 Å². The van der Waals surface area contributed by atoms with Gasteiger partial charge in [0.15, 0.2) is 0 Å². The van der Waals surface area contributed by atoms with Crippen LogP contribution < -0.4 is 5.32 Å². The lowest BCUT2D eigenvalue weighted by Crippen LogP contribution is -2.38. The van der Waals surface area contributed by atoms with Crippen molar-refractivity contribution in [1.29, 1.82) is 0 Å². The van der Waals surface area contributed by atoms with Crippen LogP contribution in [0, 0.1) is 0 Å². The van der Waals surface area contributed by atoms with Gasteiger partial charge >= 0.3 is 0 Å². The number of likely N-dealkylation sites (N-methyl/N-ethyl adjacent to an activating group) is 1. The Morgan fingerprint density at radius 3 is 2.26 bits per heavy atom. The molecule has 0 radical (unpaired) electrons. The van der Waals surface area contributed by atoms with Gasteiger partial charge in [0.2, 0.25) is 0 Å². The van der Waals surface area contributed by atoms with E-state index < -0.39 is 9.84 Å². The molecule has 2 atom stereocenters. The van der Waals surface area contributed by atoms with Gasteiger partial charge in [-0.1, -0.05) is 30.3 Å². The highest BCUT2D eigenvalue weighted by atomic mass is 32.2. The van der Waals surface area contributed by atoms with Crippen molar-refractivity contribution in [3.05, 3.63) is 35.9 Å². The normalized spacial score (nSPS) is 15.4. The average Bonchev–Trinajstić information content (AvgIpc) is 2.27. The molecule has 0 bridgehead atoms. The Labute approximate surface area is 116 Å². The number of benzene rings is 1. The van der Waals surface area contributed by atoms with Crippen molar-refractivity contribution in [2.24, 2.45) is 0 Å². The van der Waals surface area contributed by atoms with Gasteiger partial charge in [-0.15, -0.1) is 0 Å². The van der Waals surface area contributed by atoms with E-state index in [0.29, 0.717) is 0 Å². The highest BCUT2D eigenvalue weighted by molar-refractivity contribution is 7.90.